The fourth-order valence-electron chi connectivity index (χ4n) is 2.57. The van der Waals surface area contributed by atoms with Crippen LogP contribution >= 0.6 is 23.1 Å². The van der Waals surface area contributed by atoms with Crippen LogP contribution in [0.2, 0.25) is 0 Å². The summed E-state index contributed by atoms with van der Waals surface area (Å²) < 4.78 is 5.45. The number of anilines is 1. The molecule has 1 atom stereocenters. The second-order valence-corrected chi connectivity index (χ2v) is 8.23. The van der Waals surface area contributed by atoms with Gasteiger partial charge in [-0.3, -0.25) is 14.9 Å². The second kappa shape index (κ2) is 11.3. The number of aromatic nitrogens is 2. The maximum Gasteiger partial charge on any atom is 0.258 e. The van der Waals surface area contributed by atoms with Crippen molar-refractivity contribution in [1.29, 1.82) is 0 Å². The van der Waals surface area contributed by atoms with Crippen LogP contribution in [0.25, 0.3) is 10.6 Å². The summed E-state index contributed by atoms with van der Waals surface area (Å²) in [7, 11) is 0. The first-order chi connectivity index (χ1) is 14.7. The van der Waals surface area contributed by atoms with Gasteiger partial charge in [-0.05, 0) is 30.6 Å². The number of carbonyl (C=O) groups excluding carboxylic acids is 2. The molecule has 2 amide bonds. The molecule has 0 aliphatic heterocycles. The first kappa shape index (κ1) is 21.8. The van der Waals surface area contributed by atoms with E-state index >= 15 is 0 Å². The highest BCUT2D eigenvalue weighted by Crippen LogP contribution is 2.26. The van der Waals surface area contributed by atoms with Gasteiger partial charge in [0.15, 0.2) is 6.61 Å². The van der Waals surface area contributed by atoms with Gasteiger partial charge in [0.2, 0.25) is 11.0 Å². The van der Waals surface area contributed by atoms with Gasteiger partial charge in [-0.15, -0.1) is 10.2 Å². The van der Waals surface area contributed by atoms with E-state index in [9.17, 15) is 9.59 Å². The minimum atomic E-state index is -0.687. The molecule has 0 saturated carbocycles. The van der Waals surface area contributed by atoms with E-state index in [2.05, 4.69) is 20.8 Å². The fourth-order valence-corrected chi connectivity index (χ4v) is 3.79. The van der Waals surface area contributed by atoms with Crippen molar-refractivity contribution in [3.63, 3.8) is 0 Å². The molecule has 0 fully saturated rings. The third-order valence-electron chi connectivity index (χ3n) is 4.05. The topological polar surface area (TPSA) is 93.2 Å². The van der Waals surface area contributed by atoms with Crippen molar-refractivity contribution < 1.29 is 14.3 Å². The zero-order valence-corrected chi connectivity index (χ0v) is 18.0. The lowest BCUT2D eigenvalue weighted by molar-refractivity contribution is -0.127. The standard InChI is InChI=1S/C21H22N4O3S2/c1-29-13-12-17(22-18(26)14-28-16-10-6-3-7-11-16)19(27)23-21-25-24-20(30-21)15-8-4-2-5-9-15/h2-11,17H,12-14H2,1H3,(H,22,26)(H,23,25,27). The van der Waals surface area contributed by atoms with Crippen molar-refractivity contribution in [2.24, 2.45) is 0 Å². The number of para-hydroxylation sites is 1. The van der Waals surface area contributed by atoms with E-state index in [1.54, 1.807) is 23.9 Å². The fraction of sp³-hybridized carbons (Fsp3) is 0.238. The highest BCUT2D eigenvalue weighted by atomic mass is 32.2. The van der Waals surface area contributed by atoms with Gasteiger partial charge in [0, 0.05) is 5.56 Å². The molecule has 7 nitrogen and oxygen atoms in total. The molecule has 0 spiro atoms. The smallest absolute Gasteiger partial charge is 0.258 e. The van der Waals surface area contributed by atoms with Crippen LogP contribution in [0.15, 0.2) is 60.7 Å². The van der Waals surface area contributed by atoms with Gasteiger partial charge in [-0.2, -0.15) is 11.8 Å². The summed E-state index contributed by atoms with van der Waals surface area (Å²) in [6.07, 6.45) is 2.45. The molecule has 2 N–H and O–H groups in total. The first-order valence-electron chi connectivity index (χ1n) is 9.31. The van der Waals surface area contributed by atoms with Crippen LogP contribution in [0.1, 0.15) is 6.42 Å². The van der Waals surface area contributed by atoms with Gasteiger partial charge < -0.3 is 10.1 Å². The van der Waals surface area contributed by atoms with Crippen LogP contribution in [0.3, 0.4) is 0 Å². The SMILES string of the molecule is CSCCC(NC(=O)COc1ccccc1)C(=O)Nc1nnc(-c2ccccc2)s1. The Morgan fingerprint density at radius 3 is 2.47 bits per heavy atom. The monoisotopic (exact) mass is 442 g/mol. The largest absolute Gasteiger partial charge is 0.484 e. The molecule has 3 aromatic rings. The highest BCUT2D eigenvalue weighted by Gasteiger charge is 2.22. The maximum atomic E-state index is 12.7. The normalized spacial score (nSPS) is 11.5. The summed E-state index contributed by atoms with van der Waals surface area (Å²) in [5.74, 6) is 0.638. The van der Waals surface area contributed by atoms with Crippen molar-refractivity contribution in [1.82, 2.24) is 15.5 Å². The van der Waals surface area contributed by atoms with Crippen LogP contribution in [-0.2, 0) is 9.59 Å². The van der Waals surface area contributed by atoms with Crippen molar-refractivity contribution in [2.45, 2.75) is 12.5 Å². The quantitative estimate of drug-likeness (QED) is 0.499. The van der Waals surface area contributed by atoms with Crippen molar-refractivity contribution in [3.05, 3.63) is 60.7 Å². The Kier molecular flexibility index (Phi) is 8.22. The number of benzene rings is 2. The van der Waals surface area contributed by atoms with Gasteiger partial charge in [-0.25, -0.2) is 0 Å². The van der Waals surface area contributed by atoms with E-state index in [1.807, 2.05) is 54.8 Å². The molecular formula is C21H22N4O3S2. The molecule has 0 bridgehead atoms. The number of hydrogen-bond acceptors (Lipinski definition) is 7. The second-order valence-electron chi connectivity index (χ2n) is 6.27. The lowest BCUT2D eigenvalue weighted by Gasteiger charge is -2.17. The molecule has 2 aromatic carbocycles. The number of nitrogens with zero attached hydrogens (tertiary/aromatic N) is 2. The molecule has 1 unspecified atom stereocenters. The minimum absolute atomic E-state index is 0.163. The molecule has 156 valence electrons. The van der Waals surface area contributed by atoms with Crippen LogP contribution in [-0.4, -0.2) is 46.7 Å². The zero-order chi connectivity index (χ0) is 21.2. The Morgan fingerprint density at radius 1 is 1.07 bits per heavy atom. The lowest BCUT2D eigenvalue weighted by atomic mass is 10.2. The molecule has 0 saturated heterocycles. The van der Waals surface area contributed by atoms with Gasteiger partial charge in [0.1, 0.15) is 16.8 Å². The molecule has 30 heavy (non-hydrogen) atoms. The van der Waals surface area contributed by atoms with Crippen LogP contribution in [0.4, 0.5) is 5.13 Å². The predicted molar refractivity (Wildman–Crippen MR) is 121 cm³/mol. The predicted octanol–water partition coefficient (Wildman–Crippen LogP) is 3.46. The number of ether oxygens (including phenoxy) is 1. The number of thioether (sulfide) groups is 1. The van der Waals surface area contributed by atoms with E-state index in [-0.39, 0.29) is 18.4 Å². The molecule has 1 aromatic heterocycles. The third kappa shape index (κ3) is 6.57. The molecule has 0 aliphatic rings. The first-order valence-corrected chi connectivity index (χ1v) is 11.5. The lowest BCUT2D eigenvalue weighted by Crippen LogP contribution is -2.45. The highest BCUT2D eigenvalue weighted by molar-refractivity contribution is 7.98. The number of amides is 2. The van der Waals surface area contributed by atoms with Crippen molar-refractivity contribution in [3.8, 4) is 16.3 Å². The van der Waals surface area contributed by atoms with E-state index in [0.717, 1.165) is 11.3 Å². The Labute approximate surface area is 183 Å². The van der Waals surface area contributed by atoms with Gasteiger partial charge >= 0.3 is 0 Å². The average molecular weight is 443 g/mol. The summed E-state index contributed by atoms with van der Waals surface area (Å²) in [6, 6.07) is 18.0. The molecule has 0 aliphatic carbocycles. The maximum absolute atomic E-state index is 12.7. The third-order valence-corrected chi connectivity index (χ3v) is 5.58. The molecule has 1 heterocycles. The van der Waals surface area contributed by atoms with E-state index < -0.39 is 6.04 Å². The summed E-state index contributed by atoms with van der Waals surface area (Å²) in [4.78, 5) is 25.0. The molecule has 9 heteroatoms. The van der Waals surface area contributed by atoms with Crippen LogP contribution < -0.4 is 15.4 Å². The number of rotatable bonds is 10. The molecule has 3 rings (SSSR count). The summed E-state index contributed by atoms with van der Waals surface area (Å²) in [5, 5.41) is 14.8. The van der Waals surface area contributed by atoms with Gasteiger partial charge in [-0.1, -0.05) is 59.9 Å². The Bertz CT molecular complexity index is 951. The van der Waals surface area contributed by atoms with Crippen LogP contribution in [0, 0.1) is 0 Å². The Hall–Kier alpha value is -2.91. The van der Waals surface area contributed by atoms with E-state index in [0.29, 0.717) is 22.3 Å². The average Bonchev–Trinajstić information content (AvgIpc) is 3.25. The molecular weight excluding hydrogens is 420 g/mol. The summed E-state index contributed by atoms with van der Waals surface area (Å²) >= 11 is 2.89. The van der Waals surface area contributed by atoms with Crippen molar-refractivity contribution >= 4 is 40.0 Å². The summed E-state index contributed by atoms with van der Waals surface area (Å²) in [5.41, 5.74) is 0.931. The molecule has 0 radical (unpaired) electrons. The van der Waals surface area contributed by atoms with E-state index in [1.165, 1.54) is 11.3 Å². The number of hydrogen-bond donors (Lipinski definition) is 2. The van der Waals surface area contributed by atoms with E-state index in [4.69, 9.17) is 4.74 Å². The van der Waals surface area contributed by atoms with Gasteiger partial charge in [0.05, 0.1) is 0 Å². The summed E-state index contributed by atoms with van der Waals surface area (Å²) in [6.45, 7) is -0.163. The van der Waals surface area contributed by atoms with Gasteiger partial charge in [0.25, 0.3) is 5.91 Å². The number of carbonyl (C=O) groups is 2. The Morgan fingerprint density at radius 2 is 1.77 bits per heavy atom. The van der Waals surface area contributed by atoms with Crippen LogP contribution in [0.5, 0.6) is 5.75 Å². The van der Waals surface area contributed by atoms with Crippen molar-refractivity contribution in [2.75, 3.05) is 23.9 Å². The zero-order valence-electron chi connectivity index (χ0n) is 16.4. The minimum Gasteiger partial charge on any atom is -0.484 e. The Balaban J connectivity index is 1.58. The number of nitrogens with one attached hydrogen (secondary N) is 2.